The number of esters is 1. The molecule has 44 heavy (non-hydrogen) atoms. The summed E-state index contributed by atoms with van der Waals surface area (Å²) in [5.74, 6) is 0.325. The quantitative estimate of drug-likeness (QED) is 0.0432. The summed E-state index contributed by atoms with van der Waals surface area (Å²) in [4.78, 5) is 24.2. The van der Waals surface area contributed by atoms with Gasteiger partial charge in [-0.05, 0) is 12.5 Å². The molecule has 3 aliphatic rings. The predicted octanol–water partition coefficient (Wildman–Crippen LogP) is 8.01. The van der Waals surface area contributed by atoms with E-state index in [1.54, 1.807) is 0 Å². The fourth-order valence-electron chi connectivity index (χ4n) is 7.13. The highest BCUT2D eigenvalue weighted by atomic mass is 31.2. The molecule has 2 aliphatic heterocycles. The molecule has 1 aliphatic carbocycles. The van der Waals surface area contributed by atoms with Gasteiger partial charge >= 0.3 is 5.97 Å². The maximum absolute atomic E-state index is 12.7. The van der Waals surface area contributed by atoms with Crippen molar-refractivity contribution in [3.05, 3.63) is 23.9 Å². The zero-order valence-corrected chi connectivity index (χ0v) is 29.0. The van der Waals surface area contributed by atoms with Crippen molar-refractivity contribution in [2.75, 3.05) is 46.1 Å². The number of phosphoric ester groups is 1. The zero-order chi connectivity index (χ0) is 31.7. The van der Waals surface area contributed by atoms with Crippen LogP contribution in [0.25, 0.3) is 0 Å². The van der Waals surface area contributed by atoms with E-state index in [1.807, 2.05) is 19.1 Å². The summed E-state index contributed by atoms with van der Waals surface area (Å²) >= 11 is 0. The number of allylic oxidation sites excluding steroid dienone is 3. The van der Waals surface area contributed by atoms with Crippen LogP contribution < -0.4 is 4.89 Å². The number of hydrogen-bond donors (Lipinski definition) is 0. The largest absolute Gasteiger partial charge is 0.756 e. The molecule has 2 bridgehead atoms. The minimum Gasteiger partial charge on any atom is -0.756 e. The van der Waals surface area contributed by atoms with E-state index in [0.29, 0.717) is 6.61 Å². The molecular weight excluding hydrogens is 577 g/mol. The fraction of sp³-hybridized carbons (Fsp3) is 0.857. The van der Waals surface area contributed by atoms with Crippen LogP contribution in [0.5, 0.6) is 0 Å². The minimum absolute atomic E-state index is 0.0128. The Morgan fingerprint density at radius 1 is 0.955 bits per heavy atom. The van der Waals surface area contributed by atoms with Gasteiger partial charge < -0.3 is 23.4 Å². The van der Waals surface area contributed by atoms with E-state index >= 15 is 0 Å². The molecule has 3 unspecified atom stereocenters. The van der Waals surface area contributed by atoms with Crippen LogP contribution in [-0.2, 0) is 27.9 Å². The van der Waals surface area contributed by atoms with E-state index in [0.717, 1.165) is 29.7 Å². The molecule has 0 saturated carbocycles. The lowest BCUT2D eigenvalue weighted by Gasteiger charge is -2.39. The van der Waals surface area contributed by atoms with Crippen molar-refractivity contribution in [3.63, 3.8) is 0 Å². The van der Waals surface area contributed by atoms with Gasteiger partial charge in [-0.3, -0.25) is 13.8 Å². The average molecular weight is 640 g/mol. The molecule has 0 aromatic heterocycles. The second kappa shape index (κ2) is 19.6. The summed E-state index contributed by atoms with van der Waals surface area (Å²) < 4.78 is 35.2. The number of carbonyl (C=O) groups is 1. The van der Waals surface area contributed by atoms with Gasteiger partial charge in [-0.1, -0.05) is 109 Å². The molecule has 0 spiro atoms. The first-order valence-corrected chi connectivity index (χ1v) is 19.2. The highest BCUT2D eigenvalue weighted by molar-refractivity contribution is 7.45. The van der Waals surface area contributed by atoms with Gasteiger partial charge in [0, 0.05) is 44.1 Å². The van der Waals surface area contributed by atoms with E-state index in [-0.39, 0.29) is 19.8 Å². The van der Waals surface area contributed by atoms with Crippen molar-refractivity contribution in [1.29, 1.82) is 0 Å². The number of quaternary nitrogens is 1. The topological polar surface area (TPSA) is 94.1 Å². The molecule has 2 fully saturated rings. The molecule has 9 heteroatoms. The first-order chi connectivity index (χ1) is 21.2. The number of unbranched alkanes of at least 4 members (excludes halogenated alkanes) is 13. The molecule has 0 aromatic rings. The molecule has 2 saturated heterocycles. The molecule has 0 aromatic carbocycles. The summed E-state index contributed by atoms with van der Waals surface area (Å²) in [5, 5.41) is 0. The van der Waals surface area contributed by atoms with E-state index in [1.165, 1.54) is 122 Å². The monoisotopic (exact) mass is 639 g/mol. The summed E-state index contributed by atoms with van der Waals surface area (Å²) in [7, 11) is -4.59. The maximum Gasteiger partial charge on any atom is 0.303 e. The summed E-state index contributed by atoms with van der Waals surface area (Å²) in [6.07, 6.45) is 26.9. The van der Waals surface area contributed by atoms with Crippen molar-refractivity contribution >= 4 is 13.8 Å². The summed E-state index contributed by atoms with van der Waals surface area (Å²) in [6, 6.07) is 0. The van der Waals surface area contributed by atoms with Crippen molar-refractivity contribution in [2.45, 2.75) is 136 Å². The number of ether oxygens (including phenoxy) is 2. The van der Waals surface area contributed by atoms with Crippen LogP contribution in [0.15, 0.2) is 23.9 Å². The van der Waals surface area contributed by atoms with Crippen LogP contribution >= 0.6 is 7.82 Å². The van der Waals surface area contributed by atoms with Crippen LogP contribution in [0.2, 0.25) is 0 Å². The number of rotatable bonds is 25. The molecular formula is C35H62NO7P. The number of nitrogens with zero attached hydrogens (tertiary/aromatic N) is 1. The van der Waals surface area contributed by atoms with Gasteiger partial charge in [-0.2, -0.15) is 0 Å². The fourth-order valence-corrected chi connectivity index (χ4v) is 8.01. The Balaban J connectivity index is 1.24. The van der Waals surface area contributed by atoms with Gasteiger partial charge in [0.2, 0.25) is 0 Å². The minimum atomic E-state index is -4.59. The first-order valence-electron chi connectivity index (χ1n) is 17.8. The summed E-state index contributed by atoms with van der Waals surface area (Å²) in [5.41, 5.74) is 0.957. The lowest BCUT2D eigenvalue weighted by atomic mass is 9.82. The normalized spacial score (nSPS) is 26.5. The third-order valence-corrected chi connectivity index (χ3v) is 10.7. The van der Waals surface area contributed by atoms with E-state index in [2.05, 4.69) is 13.0 Å². The lowest BCUT2D eigenvalue weighted by Crippen LogP contribution is -2.44. The molecule has 0 N–H and O–H groups in total. The number of carbonyl (C=O) groups excluding carboxylic acids is 1. The highest BCUT2D eigenvalue weighted by Gasteiger charge is 2.49. The number of piperidine rings is 1. The van der Waals surface area contributed by atoms with Crippen LogP contribution in [0.1, 0.15) is 130 Å². The predicted molar refractivity (Wildman–Crippen MR) is 174 cm³/mol. The Hall–Kier alpha value is -1.02. The van der Waals surface area contributed by atoms with Crippen molar-refractivity contribution in [1.82, 2.24) is 0 Å². The Morgan fingerprint density at radius 3 is 2.09 bits per heavy atom. The van der Waals surface area contributed by atoms with Gasteiger partial charge in [0.15, 0.2) is 0 Å². The van der Waals surface area contributed by atoms with Gasteiger partial charge in [-0.15, -0.1) is 0 Å². The first kappa shape index (κ1) is 37.4. The van der Waals surface area contributed by atoms with Gasteiger partial charge in [-0.25, -0.2) is 0 Å². The highest BCUT2D eigenvalue weighted by Crippen LogP contribution is 2.47. The number of fused-ring (bicyclic) bond motifs is 2. The van der Waals surface area contributed by atoms with Crippen LogP contribution in [0, 0.1) is 11.3 Å². The molecule has 3 rings (SSSR count). The van der Waals surface area contributed by atoms with E-state index in [9.17, 15) is 14.3 Å². The SMILES string of the molecule is CCCCCCCCCCCCCCCCOCC(COP(=O)([O-])OCC1(C)C=CC=C([N+]23CCC(CC2)C3)C1)OC(C)=O. The van der Waals surface area contributed by atoms with Crippen molar-refractivity contribution in [3.8, 4) is 0 Å². The van der Waals surface area contributed by atoms with Crippen molar-refractivity contribution < 1.29 is 37.3 Å². The zero-order valence-electron chi connectivity index (χ0n) is 28.1. The second-order valence-corrected chi connectivity index (χ2v) is 15.4. The van der Waals surface area contributed by atoms with E-state index in [4.69, 9.17) is 18.5 Å². The molecule has 0 radical (unpaired) electrons. The van der Waals surface area contributed by atoms with E-state index < -0.39 is 25.3 Å². The molecule has 0 amide bonds. The third-order valence-electron chi connectivity index (χ3n) is 9.77. The molecule has 3 atom stereocenters. The molecule has 8 nitrogen and oxygen atoms in total. The Morgan fingerprint density at radius 2 is 1.55 bits per heavy atom. The van der Waals surface area contributed by atoms with Gasteiger partial charge in [0.25, 0.3) is 7.82 Å². The van der Waals surface area contributed by atoms with Crippen LogP contribution in [0.3, 0.4) is 0 Å². The van der Waals surface area contributed by atoms with Gasteiger partial charge in [0.1, 0.15) is 11.8 Å². The van der Waals surface area contributed by atoms with Crippen molar-refractivity contribution in [2.24, 2.45) is 11.3 Å². The lowest BCUT2D eigenvalue weighted by molar-refractivity contribution is -0.873. The Kier molecular flexibility index (Phi) is 16.7. The maximum atomic E-state index is 12.7. The number of phosphoric acid groups is 1. The molecule has 254 valence electrons. The summed E-state index contributed by atoms with van der Waals surface area (Å²) in [6.45, 7) is 9.49. The van der Waals surface area contributed by atoms with Crippen LogP contribution in [-0.4, -0.2) is 62.6 Å². The molecule has 2 heterocycles. The second-order valence-electron chi connectivity index (χ2n) is 14.0. The smallest absolute Gasteiger partial charge is 0.303 e. The third kappa shape index (κ3) is 13.8. The number of hydrogen-bond acceptors (Lipinski definition) is 7. The van der Waals surface area contributed by atoms with Crippen LogP contribution in [0.4, 0.5) is 0 Å². The Bertz CT molecular complexity index is 945. The average Bonchev–Trinajstić information content (AvgIpc) is 3.62. The Labute approximate surface area is 268 Å². The van der Waals surface area contributed by atoms with Gasteiger partial charge in [0.05, 0.1) is 39.5 Å². The standard InChI is InChI=1S/C35H62NO7P/c1-4-5-6-7-8-9-10-11-12-13-14-15-16-17-25-40-28-34(43-31(2)37)29-41-44(38,39)42-30-35(3)22-18-19-33(26-35)36-23-20-32(27-36)21-24-36/h18-19,22,32,34H,4-17,20-21,23-30H2,1-3H3.